The molecule has 0 aliphatic carbocycles. The average molecular weight is 343 g/mol. The number of carbonyl (C=O) groups excluding carboxylic acids is 2. The number of hydrogen-bond donors (Lipinski definition) is 1. The van der Waals surface area contributed by atoms with Gasteiger partial charge in [0.05, 0.1) is 0 Å². The van der Waals surface area contributed by atoms with E-state index in [0.29, 0.717) is 6.54 Å². The number of carbonyl (C=O) groups is 2. The van der Waals surface area contributed by atoms with E-state index in [1.165, 1.54) is 23.2 Å². The van der Waals surface area contributed by atoms with Gasteiger partial charge in [-0.25, -0.2) is 4.79 Å². The predicted octanol–water partition coefficient (Wildman–Crippen LogP) is 1.26. The Bertz CT molecular complexity index is 796. The molecular weight excluding hydrogens is 322 g/mol. The van der Waals surface area contributed by atoms with E-state index in [4.69, 9.17) is 4.74 Å². The van der Waals surface area contributed by atoms with Gasteiger partial charge < -0.3 is 19.5 Å². The zero-order valence-corrected chi connectivity index (χ0v) is 14.5. The summed E-state index contributed by atoms with van der Waals surface area (Å²) in [5, 5.41) is 0. The number of amides is 1. The fourth-order valence-corrected chi connectivity index (χ4v) is 2.16. The van der Waals surface area contributed by atoms with E-state index >= 15 is 0 Å². The van der Waals surface area contributed by atoms with Gasteiger partial charge >= 0.3 is 5.97 Å². The molecule has 1 aromatic carbocycles. The number of rotatable bonds is 6. The molecule has 0 saturated heterocycles. The number of nitrogens with one attached hydrogen (secondary N) is 1. The predicted molar refractivity (Wildman–Crippen MR) is 94.6 cm³/mol. The highest BCUT2D eigenvalue weighted by Crippen LogP contribution is 2.13. The van der Waals surface area contributed by atoms with Crippen LogP contribution in [0.2, 0.25) is 0 Å². The van der Waals surface area contributed by atoms with Crippen LogP contribution in [0.1, 0.15) is 15.9 Å². The smallest absolute Gasteiger partial charge is 0.344 e. The van der Waals surface area contributed by atoms with E-state index in [1.807, 2.05) is 43.3 Å². The van der Waals surface area contributed by atoms with Crippen molar-refractivity contribution in [3.63, 3.8) is 0 Å². The summed E-state index contributed by atoms with van der Waals surface area (Å²) in [6.45, 7) is -0.0184. The second-order valence-corrected chi connectivity index (χ2v) is 5.80. The number of hydrogen-bond acceptors (Lipinski definition) is 5. The van der Waals surface area contributed by atoms with Crippen molar-refractivity contribution in [1.82, 2.24) is 9.88 Å². The van der Waals surface area contributed by atoms with E-state index in [9.17, 15) is 14.4 Å². The van der Waals surface area contributed by atoms with E-state index in [-0.39, 0.29) is 11.5 Å². The van der Waals surface area contributed by atoms with Crippen LogP contribution >= 0.6 is 0 Å². The van der Waals surface area contributed by atoms with Crippen LogP contribution in [0, 0.1) is 0 Å². The molecule has 0 aliphatic rings. The molecule has 1 N–H and O–H groups in total. The molecule has 7 nitrogen and oxygen atoms in total. The van der Waals surface area contributed by atoms with Crippen molar-refractivity contribution in [3.8, 4) is 0 Å². The topological polar surface area (TPSA) is 82.7 Å². The highest BCUT2D eigenvalue weighted by Gasteiger charge is 2.15. The van der Waals surface area contributed by atoms with Gasteiger partial charge in [-0.1, -0.05) is 12.1 Å². The Morgan fingerprint density at radius 3 is 2.36 bits per heavy atom. The number of H-pyrrole nitrogens is 1. The van der Waals surface area contributed by atoms with E-state index < -0.39 is 18.1 Å². The second kappa shape index (κ2) is 8.14. The lowest BCUT2D eigenvalue weighted by molar-refractivity contribution is -0.133. The van der Waals surface area contributed by atoms with Gasteiger partial charge in [-0.15, -0.1) is 0 Å². The molecule has 1 amide bonds. The molecule has 1 heterocycles. The Morgan fingerprint density at radius 2 is 1.76 bits per heavy atom. The van der Waals surface area contributed by atoms with Gasteiger partial charge in [0.1, 0.15) is 5.56 Å². The molecule has 7 heteroatoms. The lowest BCUT2D eigenvalue weighted by Gasteiger charge is -2.18. The lowest BCUT2D eigenvalue weighted by atomic mass is 10.2. The Balaban J connectivity index is 1.89. The fraction of sp³-hybridized carbons (Fsp3) is 0.278. The fourth-order valence-electron chi connectivity index (χ4n) is 2.16. The van der Waals surface area contributed by atoms with Crippen LogP contribution in [0.15, 0.2) is 47.4 Å². The summed E-state index contributed by atoms with van der Waals surface area (Å²) in [6, 6.07) is 10.7. The number of aromatic nitrogens is 1. The summed E-state index contributed by atoms with van der Waals surface area (Å²) in [5.74, 6) is -1.17. The summed E-state index contributed by atoms with van der Waals surface area (Å²) in [4.78, 5) is 41.3. The van der Waals surface area contributed by atoms with Gasteiger partial charge in [-0.2, -0.15) is 0 Å². The van der Waals surface area contributed by atoms with Gasteiger partial charge in [-0.3, -0.25) is 9.59 Å². The summed E-state index contributed by atoms with van der Waals surface area (Å²) in [7, 11) is 5.54. The van der Waals surface area contributed by atoms with Crippen molar-refractivity contribution in [2.24, 2.45) is 0 Å². The molecule has 0 spiro atoms. The van der Waals surface area contributed by atoms with Gasteiger partial charge in [-0.05, 0) is 29.8 Å². The molecule has 1 aromatic heterocycles. The number of ether oxygens (including phenoxy) is 1. The third-order valence-electron chi connectivity index (χ3n) is 3.66. The maximum absolute atomic E-state index is 12.1. The first kappa shape index (κ1) is 18.3. The molecule has 0 aliphatic heterocycles. The Hall–Kier alpha value is -3.09. The molecule has 0 unspecified atom stereocenters. The van der Waals surface area contributed by atoms with Gasteiger partial charge in [0.2, 0.25) is 0 Å². The van der Waals surface area contributed by atoms with Crippen LogP contribution in [0.3, 0.4) is 0 Å². The monoisotopic (exact) mass is 343 g/mol. The third kappa shape index (κ3) is 4.94. The molecule has 132 valence electrons. The molecule has 0 radical (unpaired) electrons. The number of likely N-dealkylation sites (N-methyl/N-ethyl adjacent to an activating group) is 1. The van der Waals surface area contributed by atoms with Crippen molar-refractivity contribution in [3.05, 3.63) is 64.1 Å². The quantitative estimate of drug-likeness (QED) is 0.799. The molecule has 0 bridgehead atoms. The number of benzene rings is 1. The summed E-state index contributed by atoms with van der Waals surface area (Å²) in [6.07, 6.45) is 1.42. The molecule has 25 heavy (non-hydrogen) atoms. The molecule has 2 rings (SSSR count). The van der Waals surface area contributed by atoms with Crippen molar-refractivity contribution < 1.29 is 14.3 Å². The molecule has 2 aromatic rings. The first-order chi connectivity index (χ1) is 11.9. The summed E-state index contributed by atoms with van der Waals surface area (Å²) >= 11 is 0. The largest absolute Gasteiger partial charge is 0.452 e. The number of esters is 1. The van der Waals surface area contributed by atoms with Gasteiger partial charge in [0.25, 0.3) is 11.5 Å². The van der Waals surface area contributed by atoms with E-state index in [2.05, 4.69) is 4.98 Å². The summed E-state index contributed by atoms with van der Waals surface area (Å²) < 4.78 is 4.92. The maximum atomic E-state index is 12.1. The van der Waals surface area contributed by atoms with E-state index in [1.54, 1.807) is 7.05 Å². The van der Waals surface area contributed by atoms with Crippen molar-refractivity contribution >= 4 is 17.6 Å². The van der Waals surface area contributed by atoms with Crippen LogP contribution in [0.25, 0.3) is 0 Å². The highest BCUT2D eigenvalue weighted by atomic mass is 16.5. The SMILES string of the molecule is CN(Cc1ccc(N(C)C)cc1)C(=O)COC(=O)c1ccc[nH]c1=O. The first-order valence-corrected chi connectivity index (χ1v) is 7.73. The normalized spacial score (nSPS) is 10.2. The Morgan fingerprint density at radius 1 is 1.08 bits per heavy atom. The minimum Gasteiger partial charge on any atom is -0.452 e. The molecule has 0 saturated carbocycles. The second-order valence-electron chi connectivity index (χ2n) is 5.80. The standard InChI is InChI=1S/C18H21N3O4/c1-20(2)14-8-6-13(7-9-14)11-21(3)16(22)12-25-18(24)15-5-4-10-19-17(15)23/h4-10H,11-12H2,1-3H3,(H,19,23). The number of anilines is 1. The molecule has 0 fully saturated rings. The van der Waals surface area contributed by atoms with Gasteiger partial charge in [0.15, 0.2) is 6.61 Å². The first-order valence-electron chi connectivity index (χ1n) is 7.73. The highest BCUT2D eigenvalue weighted by molar-refractivity contribution is 5.90. The molecular formula is C18H21N3O4. The number of nitrogens with zero attached hydrogens (tertiary/aromatic N) is 2. The van der Waals surface area contributed by atoms with Crippen molar-refractivity contribution in [1.29, 1.82) is 0 Å². The van der Waals surface area contributed by atoms with Crippen LogP contribution in [-0.2, 0) is 16.1 Å². The van der Waals surface area contributed by atoms with Crippen LogP contribution in [0.4, 0.5) is 5.69 Å². The van der Waals surface area contributed by atoms with Crippen molar-refractivity contribution in [2.45, 2.75) is 6.54 Å². The van der Waals surface area contributed by atoms with E-state index in [0.717, 1.165) is 11.3 Å². The Labute approximate surface area is 145 Å². The minimum atomic E-state index is -0.820. The summed E-state index contributed by atoms with van der Waals surface area (Å²) in [5.41, 5.74) is 1.36. The lowest BCUT2D eigenvalue weighted by Crippen LogP contribution is -2.31. The average Bonchev–Trinajstić information content (AvgIpc) is 2.60. The van der Waals surface area contributed by atoms with Crippen LogP contribution in [-0.4, -0.2) is 49.5 Å². The number of aromatic amines is 1. The maximum Gasteiger partial charge on any atom is 0.344 e. The minimum absolute atomic E-state index is 0.128. The zero-order chi connectivity index (χ0) is 18.4. The van der Waals surface area contributed by atoms with Gasteiger partial charge in [0, 0.05) is 39.6 Å². The van der Waals surface area contributed by atoms with Crippen LogP contribution in [0.5, 0.6) is 0 Å². The third-order valence-corrected chi connectivity index (χ3v) is 3.66. The Kier molecular flexibility index (Phi) is 5.94. The van der Waals surface area contributed by atoms with Crippen LogP contribution < -0.4 is 10.5 Å². The molecule has 0 atom stereocenters. The number of pyridine rings is 1. The zero-order valence-electron chi connectivity index (χ0n) is 14.5. The van der Waals surface area contributed by atoms with Crippen molar-refractivity contribution in [2.75, 3.05) is 32.6 Å².